The summed E-state index contributed by atoms with van der Waals surface area (Å²) < 4.78 is 11.5. The Labute approximate surface area is 133 Å². The summed E-state index contributed by atoms with van der Waals surface area (Å²) in [6.45, 7) is 1.95. The van der Waals surface area contributed by atoms with Crippen molar-refractivity contribution in [2.75, 3.05) is 14.2 Å². The zero-order valence-electron chi connectivity index (χ0n) is 12.4. The maximum absolute atomic E-state index is 11.2. The van der Waals surface area contributed by atoms with Crippen molar-refractivity contribution in [2.45, 2.75) is 18.9 Å². The van der Waals surface area contributed by atoms with Gasteiger partial charge in [0, 0.05) is 10.5 Å². The molecule has 1 unspecified atom stereocenters. The Bertz CT molecular complexity index is 605. The highest BCUT2D eigenvalue weighted by molar-refractivity contribution is 9.10. The van der Waals surface area contributed by atoms with Gasteiger partial charge in [-0.2, -0.15) is 0 Å². The number of methoxy groups -OCH3 is 2. The Morgan fingerprint density at radius 2 is 1.62 bits per heavy atom. The van der Waals surface area contributed by atoms with Gasteiger partial charge in [0.15, 0.2) is 0 Å². The third kappa shape index (κ3) is 3.22. The van der Waals surface area contributed by atoms with Crippen molar-refractivity contribution in [1.29, 1.82) is 0 Å². The molecule has 1 N–H and O–H groups in total. The van der Waals surface area contributed by atoms with Gasteiger partial charge < -0.3 is 14.6 Å². The molecule has 2 aromatic rings. The molecule has 0 aromatic heterocycles. The van der Waals surface area contributed by atoms with E-state index in [-0.39, 0.29) is 0 Å². The average Bonchev–Trinajstić information content (AvgIpc) is 2.53. The van der Waals surface area contributed by atoms with Crippen LogP contribution in [-0.4, -0.2) is 19.3 Å². The normalized spacial score (nSPS) is 13.6. The summed E-state index contributed by atoms with van der Waals surface area (Å²) >= 11 is 3.45. The topological polar surface area (TPSA) is 38.7 Å². The van der Waals surface area contributed by atoms with Gasteiger partial charge in [-0.05, 0) is 41.8 Å². The molecule has 0 heterocycles. The van der Waals surface area contributed by atoms with Crippen molar-refractivity contribution in [2.24, 2.45) is 0 Å². The summed E-state index contributed by atoms with van der Waals surface area (Å²) in [7, 11) is 3.20. The molecule has 0 saturated heterocycles. The van der Waals surface area contributed by atoms with Gasteiger partial charge in [-0.1, -0.05) is 35.0 Å². The second-order valence-electron chi connectivity index (χ2n) is 4.83. The number of ether oxygens (including phenoxy) is 2. The van der Waals surface area contributed by atoms with Gasteiger partial charge in [0.2, 0.25) is 0 Å². The van der Waals surface area contributed by atoms with Crippen LogP contribution in [-0.2, 0) is 5.60 Å². The highest BCUT2D eigenvalue weighted by atomic mass is 79.9. The van der Waals surface area contributed by atoms with Crippen molar-refractivity contribution < 1.29 is 14.6 Å². The van der Waals surface area contributed by atoms with Crippen LogP contribution in [0.5, 0.6) is 11.5 Å². The highest BCUT2D eigenvalue weighted by Gasteiger charge is 2.30. The maximum Gasteiger partial charge on any atom is 0.122 e. The quantitative estimate of drug-likeness (QED) is 0.881. The molecular formula is C17H19BrO3. The molecule has 0 aliphatic rings. The first-order chi connectivity index (χ1) is 10.0. The lowest BCUT2D eigenvalue weighted by molar-refractivity contribution is 0.0759. The van der Waals surface area contributed by atoms with Gasteiger partial charge in [0.05, 0.1) is 14.2 Å². The molecule has 2 aromatic carbocycles. The molecule has 0 amide bonds. The second kappa shape index (κ2) is 6.50. The molecule has 112 valence electrons. The van der Waals surface area contributed by atoms with Crippen LogP contribution in [0, 0.1) is 0 Å². The van der Waals surface area contributed by atoms with Crippen molar-refractivity contribution in [1.82, 2.24) is 0 Å². The molecule has 0 fully saturated rings. The van der Waals surface area contributed by atoms with Gasteiger partial charge in [-0.25, -0.2) is 0 Å². The third-order valence-electron chi connectivity index (χ3n) is 3.64. The fourth-order valence-corrected chi connectivity index (χ4v) is 2.77. The van der Waals surface area contributed by atoms with Crippen molar-refractivity contribution >= 4 is 15.9 Å². The van der Waals surface area contributed by atoms with E-state index < -0.39 is 5.60 Å². The molecule has 0 saturated carbocycles. The first-order valence-corrected chi connectivity index (χ1v) is 7.54. The molecule has 3 nitrogen and oxygen atoms in total. The van der Waals surface area contributed by atoms with E-state index in [0.717, 1.165) is 15.6 Å². The number of halogens is 1. The van der Waals surface area contributed by atoms with Crippen LogP contribution in [0.2, 0.25) is 0 Å². The zero-order valence-corrected chi connectivity index (χ0v) is 14.0. The Morgan fingerprint density at radius 1 is 1.00 bits per heavy atom. The lowest BCUT2D eigenvalue weighted by Gasteiger charge is -2.29. The maximum atomic E-state index is 11.2. The molecule has 0 aliphatic heterocycles. The predicted octanol–water partition coefficient (Wildman–Crippen LogP) is 4.11. The minimum atomic E-state index is -1.09. The Hall–Kier alpha value is -1.52. The predicted molar refractivity (Wildman–Crippen MR) is 87.0 cm³/mol. The molecule has 2 rings (SSSR count). The molecule has 0 spiro atoms. The van der Waals surface area contributed by atoms with E-state index in [4.69, 9.17) is 9.47 Å². The van der Waals surface area contributed by atoms with Gasteiger partial charge in [0.25, 0.3) is 0 Å². The van der Waals surface area contributed by atoms with Crippen molar-refractivity contribution in [3.05, 3.63) is 58.1 Å². The minimum Gasteiger partial charge on any atom is -0.497 e. The first-order valence-electron chi connectivity index (χ1n) is 6.75. The second-order valence-corrected chi connectivity index (χ2v) is 5.74. The standard InChI is InChI=1S/C17H19BrO3/c1-4-17(19,12-6-5-7-14(18)8-12)13-9-15(20-2)11-16(10-13)21-3/h5-11,19H,4H2,1-3H3. The number of rotatable bonds is 5. The molecule has 0 bridgehead atoms. The van der Waals surface area contributed by atoms with Gasteiger partial charge in [0.1, 0.15) is 17.1 Å². The van der Waals surface area contributed by atoms with Crippen LogP contribution in [0.25, 0.3) is 0 Å². The van der Waals surface area contributed by atoms with E-state index in [1.54, 1.807) is 20.3 Å². The van der Waals surface area contributed by atoms with E-state index in [0.29, 0.717) is 17.9 Å². The largest absolute Gasteiger partial charge is 0.497 e. The van der Waals surface area contributed by atoms with Crippen molar-refractivity contribution in [3.63, 3.8) is 0 Å². The monoisotopic (exact) mass is 350 g/mol. The lowest BCUT2D eigenvalue weighted by Crippen LogP contribution is -2.26. The summed E-state index contributed by atoms with van der Waals surface area (Å²) in [5.74, 6) is 1.32. The Kier molecular flexibility index (Phi) is 4.91. The highest BCUT2D eigenvalue weighted by Crippen LogP contribution is 2.37. The summed E-state index contributed by atoms with van der Waals surface area (Å²) in [4.78, 5) is 0. The minimum absolute atomic E-state index is 0.541. The van der Waals surface area contributed by atoms with Crippen LogP contribution in [0.15, 0.2) is 46.9 Å². The van der Waals surface area contributed by atoms with Crippen LogP contribution < -0.4 is 9.47 Å². The van der Waals surface area contributed by atoms with Crippen LogP contribution >= 0.6 is 15.9 Å². The molecule has 0 aliphatic carbocycles. The Balaban J connectivity index is 2.59. The zero-order chi connectivity index (χ0) is 15.5. The third-order valence-corrected chi connectivity index (χ3v) is 4.14. The summed E-state index contributed by atoms with van der Waals surface area (Å²) in [6, 6.07) is 13.2. The smallest absolute Gasteiger partial charge is 0.122 e. The van der Waals surface area contributed by atoms with Crippen LogP contribution in [0.4, 0.5) is 0 Å². The summed E-state index contributed by atoms with van der Waals surface area (Å²) in [5, 5.41) is 11.2. The molecule has 21 heavy (non-hydrogen) atoms. The average molecular weight is 351 g/mol. The van der Waals surface area contributed by atoms with E-state index in [1.165, 1.54) is 0 Å². The van der Waals surface area contributed by atoms with Gasteiger partial charge >= 0.3 is 0 Å². The SMILES string of the molecule is CCC(O)(c1cccc(Br)c1)c1cc(OC)cc(OC)c1. The fourth-order valence-electron chi connectivity index (χ4n) is 2.37. The van der Waals surface area contributed by atoms with Crippen molar-refractivity contribution in [3.8, 4) is 11.5 Å². The first kappa shape index (κ1) is 15.9. The van der Waals surface area contributed by atoms with Gasteiger partial charge in [-0.3, -0.25) is 0 Å². The Morgan fingerprint density at radius 3 is 2.10 bits per heavy atom. The number of hydrogen-bond acceptors (Lipinski definition) is 3. The van der Waals surface area contributed by atoms with E-state index in [9.17, 15) is 5.11 Å². The number of benzene rings is 2. The fraction of sp³-hybridized carbons (Fsp3) is 0.294. The molecule has 0 radical (unpaired) electrons. The van der Waals surface area contributed by atoms with Crippen LogP contribution in [0.1, 0.15) is 24.5 Å². The van der Waals surface area contributed by atoms with Crippen LogP contribution in [0.3, 0.4) is 0 Å². The molecule has 4 heteroatoms. The lowest BCUT2D eigenvalue weighted by atomic mass is 9.84. The summed E-state index contributed by atoms with van der Waals surface area (Å²) in [5.41, 5.74) is 0.486. The van der Waals surface area contributed by atoms with E-state index in [1.807, 2.05) is 43.3 Å². The van der Waals surface area contributed by atoms with E-state index >= 15 is 0 Å². The number of aliphatic hydroxyl groups is 1. The summed E-state index contributed by atoms with van der Waals surface area (Å²) in [6.07, 6.45) is 0.541. The molecule has 1 atom stereocenters. The molecular weight excluding hydrogens is 332 g/mol. The van der Waals surface area contributed by atoms with Gasteiger partial charge in [-0.15, -0.1) is 0 Å². The number of hydrogen-bond donors (Lipinski definition) is 1. The van der Waals surface area contributed by atoms with E-state index in [2.05, 4.69) is 15.9 Å².